The topological polar surface area (TPSA) is 63.5 Å². The zero-order valence-electron chi connectivity index (χ0n) is 15.6. The SMILES string of the molecule is COC(=O)N(C)c1cnc2nc(N3CCCC3)n(Cc3ccccc3)c2c1. The number of amides is 1. The van der Waals surface area contributed by atoms with E-state index in [1.165, 1.54) is 30.4 Å². The molecule has 3 aromatic rings. The monoisotopic (exact) mass is 365 g/mol. The molecule has 27 heavy (non-hydrogen) atoms. The van der Waals surface area contributed by atoms with Gasteiger partial charge in [0.1, 0.15) is 0 Å². The lowest BCUT2D eigenvalue weighted by Gasteiger charge is -2.19. The second-order valence-corrected chi connectivity index (χ2v) is 6.74. The lowest BCUT2D eigenvalue weighted by atomic mass is 10.2. The molecular formula is C20H23N5O2. The fourth-order valence-electron chi connectivity index (χ4n) is 3.49. The van der Waals surface area contributed by atoms with E-state index < -0.39 is 6.09 Å². The van der Waals surface area contributed by atoms with Gasteiger partial charge in [0.2, 0.25) is 5.95 Å². The Morgan fingerprint density at radius 3 is 2.67 bits per heavy atom. The molecule has 7 heteroatoms. The third-order valence-corrected chi connectivity index (χ3v) is 4.98. The summed E-state index contributed by atoms with van der Waals surface area (Å²) in [6, 6.07) is 12.3. The van der Waals surface area contributed by atoms with Crippen molar-refractivity contribution in [1.29, 1.82) is 0 Å². The fraction of sp³-hybridized carbons (Fsp3) is 0.350. The van der Waals surface area contributed by atoms with E-state index in [-0.39, 0.29) is 0 Å². The maximum absolute atomic E-state index is 11.9. The molecule has 140 valence electrons. The highest BCUT2D eigenvalue weighted by Crippen LogP contribution is 2.28. The standard InChI is InChI=1S/C20H23N5O2/c1-23(20(26)27-2)16-12-17-18(21-13-16)22-19(24-10-6-7-11-24)25(17)14-15-8-4-3-5-9-15/h3-5,8-9,12-13H,6-7,10-11,14H2,1-2H3. The summed E-state index contributed by atoms with van der Waals surface area (Å²) in [5, 5.41) is 0. The van der Waals surface area contributed by atoms with Gasteiger partial charge in [-0.1, -0.05) is 30.3 Å². The Bertz CT molecular complexity index is 948. The summed E-state index contributed by atoms with van der Waals surface area (Å²) in [6.07, 6.45) is 3.59. The number of anilines is 2. The van der Waals surface area contributed by atoms with Crippen molar-refractivity contribution in [2.24, 2.45) is 0 Å². The van der Waals surface area contributed by atoms with Crippen molar-refractivity contribution in [2.75, 3.05) is 37.0 Å². The molecule has 1 aliphatic rings. The van der Waals surface area contributed by atoms with Crippen molar-refractivity contribution in [2.45, 2.75) is 19.4 Å². The van der Waals surface area contributed by atoms with Crippen LogP contribution in [0.15, 0.2) is 42.6 Å². The molecule has 7 nitrogen and oxygen atoms in total. The Kier molecular flexibility index (Phi) is 4.66. The second-order valence-electron chi connectivity index (χ2n) is 6.74. The van der Waals surface area contributed by atoms with E-state index in [1.807, 2.05) is 24.3 Å². The molecule has 1 fully saturated rings. The molecule has 2 aromatic heterocycles. The Balaban J connectivity index is 1.81. The van der Waals surface area contributed by atoms with Crippen molar-refractivity contribution >= 4 is 28.9 Å². The molecule has 0 unspecified atom stereocenters. The van der Waals surface area contributed by atoms with Gasteiger partial charge in [-0.25, -0.2) is 9.78 Å². The summed E-state index contributed by atoms with van der Waals surface area (Å²) in [5.41, 5.74) is 3.48. The Morgan fingerprint density at radius 2 is 1.96 bits per heavy atom. The van der Waals surface area contributed by atoms with Crippen LogP contribution in [0.4, 0.5) is 16.4 Å². The molecule has 1 saturated heterocycles. The first-order chi connectivity index (χ1) is 13.2. The molecule has 0 aliphatic carbocycles. The van der Waals surface area contributed by atoms with Gasteiger partial charge in [-0.15, -0.1) is 0 Å². The van der Waals surface area contributed by atoms with Gasteiger partial charge >= 0.3 is 6.09 Å². The van der Waals surface area contributed by atoms with Gasteiger partial charge in [0.25, 0.3) is 0 Å². The van der Waals surface area contributed by atoms with Gasteiger partial charge in [0.15, 0.2) is 5.65 Å². The number of fused-ring (bicyclic) bond motifs is 1. The van der Waals surface area contributed by atoms with Crippen molar-refractivity contribution in [3.05, 3.63) is 48.2 Å². The predicted octanol–water partition coefficient (Wildman–Crippen LogP) is 3.28. The number of aromatic nitrogens is 3. The van der Waals surface area contributed by atoms with Crippen LogP contribution in [0.25, 0.3) is 11.2 Å². The van der Waals surface area contributed by atoms with Crippen LogP contribution in [0.3, 0.4) is 0 Å². The molecule has 1 amide bonds. The van der Waals surface area contributed by atoms with E-state index in [0.717, 1.165) is 24.6 Å². The Morgan fingerprint density at radius 1 is 1.22 bits per heavy atom. The molecule has 1 aromatic carbocycles. The van der Waals surface area contributed by atoms with Crippen LogP contribution in [-0.4, -0.2) is 47.9 Å². The smallest absolute Gasteiger partial charge is 0.413 e. The number of carbonyl (C=O) groups excluding carboxylic acids is 1. The zero-order chi connectivity index (χ0) is 18.8. The van der Waals surface area contributed by atoms with E-state index in [1.54, 1.807) is 13.2 Å². The number of carbonyl (C=O) groups is 1. The van der Waals surface area contributed by atoms with E-state index in [9.17, 15) is 4.79 Å². The van der Waals surface area contributed by atoms with Crippen LogP contribution < -0.4 is 9.80 Å². The molecule has 0 saturated carbocycles. The molecular weight excluding hydrogens is 342 g/mol. The number of methoxy groups -OCH3 is 1. The number of rotatable bonds is 4. The fourth-order valence-corrected chi connectivity index (χ4v) is 3.49. The highest BCUT2D eigenvalue weighted by Gasteiger charge is 2.22. The van der Waals surface area contributed by atoms with E-state index in [0.29, 0.717) is 17.9 Å². The number of nitrogens with zero attached hydrogens (tertiary/aromatic N) is 5. The summed E-state index contributed by atoms with van der Waals surface area (Å²) in [5.74, 6) is 0.941. The van der Waals surface area contributed by atoms with Crippen LogP contribution in [0.2, 0.25) is 0 Å². The van der Waals surface area contributed by atoms with Gasteiger partial charge in [0.05, 0.1) is 31.1 Å². The number of hydrogen-bond acceptors (Lipinski definition) is 5. The normalized spacial score (nSPS) is 13.9. The maximum Gasteiger partial charge on any atom is 0.413 e. The van der Waals surface area contributed by atoms with Gasteiger partial charge in [-0.05, 0) is 24.5 Å². The Hall–Kier alpha value is -3.09. The minimum Gasteiger partial charge on any atom is -0.452 e. The third kappa shape index (κ3) is 3.32. The Labute approximate surface area is 158 Å². The molecule has 0 N–H and O–H groups in total. The minimum atomic E-state index is -0.426. The largest absolute Gasteiger partial charge is 0.452 e. The number of imidazole rings is 1. The van der Waals surface area contributed by atoms with Gasteiger partial charge < -0.3 is 14.2 Å². The lowest BCUT2D eigenvalue weighted by molar-refractivity contribution is 0.180. The molecule has 4 rings (SSSR count). The van der Waals surface area contributed by atoms with E-state index >= 15 is 0 Å². The molecule has 3 heterocycles. The zero-order valence-corrected chi connectivity index (χ0v) is 15.6. The molecule has 0 radical (unpaired) electrons. The molecule has 0 spiro atoms. The summed E-state index contributed by atoms with van der Waals surface area (Å²) in [7, 11) is 3.05. The third-order valence-electron chi connectivity index (χ3n) is 4.98. The number of ether oxygens (including phenoxy) is 1. The average molecular weight is 365 g/mol. The highest BCUT2D eigenvalue weighted by molar-refractivity contribution is 5.89. The van der Waals surface area contributed by atoms with E-state index in [2.05, 4.69) is 26.6 Å². The van der Waals surface area contributed by atoms with Gasteiger partial charge in [-0.3, -0.25) is 4.90 Å². The summed E-state index contributed by atoms with van der Waals surface area (Å²) >= 11 is 0. The van der Waals surface area contributed by atoms with Gasteiger partial charge in [0, 0.05) is 20.1 Å². The predicted molar refractivity (Wildman–Crippen MR) is 105 cm³/mol. The van der Waals surface area contributed by atoms with Gasteiger partial charge in [-0.2, -0.15) is 4.98 Å². The summed E-state index contributed by atoms with van der Waals surface area (Å²) in [6.45, 7) is 2.72. The first kappa shape index (κ1) is 17.3. The van der Waals surface area contributed by atoms with Crippen molar-refractivity contribution in [3.8, 4) is 0 Å². The number of pyridine rings is 1. The van der Waals surface area contributed by atoms with Crippen molar-refractivity contribution in [3.63, 3.8) is 0 Å². The molecule has 1 aliphatic heterocycles. The van der Waals surface area contributed by atoms with Crippen LogP contribution in [-0.2, 0) is 11.3 Å². The molecule has 0 bridgehead atoms. The van der Waals surface area contributed by atoms with Crippen LogP contribution >= 0.6 is 0 Å². The van der Waals surface area contributed by atoms with Crippen LogP contribution in [0.5, 0.6) is 0 Å². The van der Waals surface area contributed by atoms with Crippen LogP contribution in [0, 0.1) is 0 Å². The molecule has 0 atom stereocenters. The summed E-state index contributed by atoms with van der Waals surface area (Å²) in [4.78, 5) is 24.9. The van der Waals surface area contributed by atoms with E-state index in [4.69, 9.17) is 9.72 Å². The first-order valence-corrected chi connectivity index (χ1v) is 9.14. The minimum absolute atomic E-state index is 0.426. The van der Waals surface area contributed by atoms with Crippen LogP contribution in [0.1, 0.15) is 18.4 Å². The maximum atomic E-state index is 11.9. The number of hydrogen-bond donors (Lipinski definition) is 0. The summed E-state index contributed by atoms with van der Waals surface area (Å²) < 4.78 is 7.01. The average Bonchev–Trinajstić information content (AvgIpc) is 3.35. The van der Waals surface area contributed by atoms with Crippen molar-refractivity contribution in [1.82, 2.24) is 14.5 Å². The van der Waals surface area contributed by atoms with Crippen molar-refractivity contribution < 1.29 is 9.53 Å². The second kappa shape index (κ2) is 7.26. The number of benzene rings is 1. The lowest BCUT2D eigenvalue weighted by Crippen LogP contribution is -2.26. The quantitative estimate of drug-likeness (QED) is 0.710. The highest BCUT2D eigenvalue weighted by atomic mass is 16.5. The first-order valence-electron chi connectivity index (χ1n) is 9.14.